The third-order valence-corrected chi connectivity index (χ3v) is 5.15. The molecule has 0 aliphatic rings. The van der Waals surface area contributed by atoms with Crippen LogP contribution in [0.15, 0.2) is 0 Å². The minimum absolute atomic E-state index is 0.424. The van der Waals surface area contributed by atoms with Gasteiger partial charge in [0, 0.05) is 19.8 Å². The average Bonchev–Trinajstić information content (AvgIpc) is 1.92. The summed E-state index contributed by atoms with van der Waals surface area (Å²) in [6.07, 6.45) is 0. The van der Waals surface area contributed by atoms with Crippen LogP contribution in [-0.4, -0.2) is 30.0 Å². The Labute approximate surface area is 64.0 Å². The van der Waals surface area contributed by atoms with Crippen LogP contribution >= 0.6 is 0 Å². The van der Waals surface area contributed by atoms with Crippen LogP contribution in [0.2, 0.25) is 5.54 Å². The summed E-state index contributed by atoms with van der Waals surface area (Å²) in [5.41, 5.74) is 0.424. The zero-order valence-corrected chi connectivity index (χ0v) is 8.39. The summed E-state index contributed by atoms with van der Waals surface area (Å²) in [6.45, 7) is 4.19. The Morgan fingerprint density at radius 3 is 1.60 bits per heavy atom. The lowest BCUT2D eigenvalue weighted by Crippen LogP contribution is -2.55. The van der Waals surface area contributed by atoms with Crippen molar-refractivity contribution in [1.82, 2.24) is 4.98 Å². The molecule has 0 radical (unpaired) electrons. The number of nitrogens with one attached hydrogen (secondary N) is 1. The monoisotopic (exact) mass is 163 g/mol. The number of hydrogen-bond acceptors (Lipinski definition) is 3. The molecule has 0 aliphatic carbocycles. The maximum atomic E-state index is 5.30. The van der Waals surface area contributed by atoms with Crippen molar-refractivity contribution < 1.29 is 8.85 Å². The van der Waals surface area contributed by atoms with E-state index in [1.54, 1.807) is 14.2 Å². The van der Waals surface area contributed by atoms with E-state index in [0.717, 1.165) is 0 Å². The Morgan fingerprint density at radius 1 is 1.20 bits per heavy atom. The largest absolute Gasteiger partial charge is 0.426 e. The molecule has 0 aromatic heterocycles. The van der Waals surface area contributed by atoms with Crippen LogP contribution in [0, 0.1) is 0 Å². The van der Waals surface area contributed by atoms with Crippen molar-refractivity contribution in [1.29, 1.82) is 0 Å². The number of hydrogen-bond donors (Lipinski definition) is 1. The highest BCUT2D eigenvalue weighted by Crippen LogP contribution is 2.17. The highest BCUT2D eigenvalue weighted by Gasteiger charge is 2.38. The van der Waals surface area contributed by atoms with Crippen LogP contribution < -0.4 is 4.98 Å². The first-order valence-corrected chi connectivity index (χ1v) is 5.31. The molecule has 0 saturated heterocycles. The molecule has 0 fully saturated rings. The molecule has 0 aromatic rings. The lowest BCUT2D eigenvalue weighted by molar-refractivity contribution is 0.222. The molecule has 0 amide bonds. The van der Waals surface area contributed by atoms with Crippen LogP contribution in [0.1, 0.15) is 13.8 Å². The van der Waals surface area contributed by atoms with Gasteiger partial charge in [-0.25, -0.2) is 0 Å². The molecule has 0 heterocycles. The fourth-order valence-corrected chi connectivity index (χ4v) is 3.14. The highest BCUT2D eigenvalue weighted by atomic mass is 28.4. The zero-order chi connectivity index (χ0) is 8.20. The van der Waals surface area contributed by atoms with Crippen molar-refractivity contribution in [2.45, 2.75) is 19.4 Å². The first kappa shape index (κ1) is 10.1. The predicted octanol–water partition coefficient (Wildman–Crippen LogP) is 0.847. The van der Waals surface area contributed by atoms with Gasteiger partial charge in [0.2, 0.25) is 0 Å². The SMILES string of the molecule is CN[Si](OC)(OC)C(C)C. The van der Waals surface area contributed by atoms with E-state index >= 15 is 0 Å². The first-order valence-electron chi connectivity index (χ1n) is 3.42. The smallest absolute Gasteiger partial charge is 0.386 e. The van der Waals surface area contributed by atoms with E-state index in [1.807, 2.05) is 7.05 Å². The molecule has 0 saturated carbocycles. The number of rotatable bonds is 4. The molecule has 0 rings (SSSR count). The Morgan fingerprint density at radius 2 is 1.60 bits per heavy atom. The molecular weight excluding hydrogens is 146 g/mol. The van der Waals surface area contributed by atoms with E-state index in [4.69, 9.17) is 8.85 Å². The molecule has 0 bridgehead atoms. The van der Waals surface area contributed by atoms with Crippen LogP contribution in [0.4, 0.5) is 0 Å². The van der Waals surface area contributed by atoms with Crippen LogP contribution in [0.3, 0.4) is 0 Å². The van der Waals surface area contributed by atoms with Crippen LogP contribution in [0.25, 0.3) is 0 Å². The predicted molar refractivity (Wildman–Crippen MR) is 43.9 cm³/mol. The molecule has 0 aromatic carbocycles. The van der Waals surface area contributed by atoms with Gasteiger partial charge in [-0.15, -0.1) is 0 Å². The summed E-state index contributed by atoms with van der Waals surface area (Å²) in [6, 6.07) is 0. The Balaban J connectivity index is 4.15. The standard InChI is InChI=1S/C6H17NO2Si/c1-6(2)10(7-3,8-4)9-5/h6-7H,1-5H3. The van der Waals surface area contributed by atoms with Gasteiger partial charge in [0.25, 0.3) is 0 Å². The van der Waals surface area contributed by atoms with E-state index in [1.165, 1.54) is 0 Å². The van der Waals surface area contributed by atoms with Crippen LogP contribution in [0.5, 0.6) is 0 Å². The second-order valence-electron chi connectivity index (χ2n) is 2.48. The van der Waals surface area contributed by atoms with Gasteiger partial charge < -0.3 is 8.85 Å². The van der Waals surface area contributed by atoms with E-state index in [-0.39, 0.29) is 0 Å². The summed E-state index contributed by atoms with van der Waals surface area (Å²) < 4.78 is 10.6. The molecular formula is C6H17NO2Si. The van der Waals surface area contributed by atoms with Gasteiger partial charge in [0.05, 0.1) is 0 Å². The molecule has 10 heavy (non-hydrogen) atoms. The van der Waals surface area contributed by atoms with Crippen molar-refractivity contribution >= 4 is 8.72 Å². The minimum Gasteiger partial charge on any atom is -0.386 e. The van der Waals surface area contributed by atoms with Gasteiger partial charge in [-0.05, 0) is 7.05 Å². The van der Waals surface area contributed by atoms with E-state index in [2.05, 4.69) is 18.8 Å². The normalized spacial score (nSPS) is 12.6. The molecule has 0 spiro atoms. The van der Waals surface area contributed by atoms with Crippen LogP contribution in [-0.2, 0) is 8.85 Å². The lowest BCUT2D eigenvalue weighted by atomic mass is 10.6. The van der Waals surface area contributed by atoms with Crippen molar-refractivity contribution in [3.8, 4) is 0 Å². The van der Waals surface area contributed by atoms with Crippen molar-refractivity contribution in [2.75, 3.05) is 21.3 Å². The van der Waals surface area contributed by atoms with Crippen molar-refractivity contribution in [3.05, 3.63) is 0 Å². The third kappa shape index (κ3) is 1.79. The molecule has 0 aliphatic heterocycles. The Hall–Kier alpha value is 0.0969. The average molecular weight is 163 g/mol. The second-order valence-corrected chi connectivity index (χ2v) is 6.29. The fraction of sp³-hybridized carbons (Fsp3) is 1.00. The Bertz CT molecular complexity index is 85.5. The summed E-state index contributed by atoms with van der Waals surface area (Å²) in [4.78, 5) is 3.11. The molecule has 4 heteroatoms. The molecule has 3 nitrogen and oxygen atoms in total. The van der Waals surface area contributed by atoms with Crippen molar-refractivity contribution in [3.63, 3.8) is 0 Å². The molecule has 0 unspecified atom stereocenters. The summed E-state index contributed by atoms with van der Waals surface area (Å²) in [7, 11) is 3.20. The molecule has 0 atom stereocenters. The quantitative estimate of drug-likeness (QED) is 0.623. The summed E-state index contributed by atoms with van der Waals surface area (Å²) >= 11 is 0. The minimum atomic E-state index is -2.04. The van der Waals surface area contributed by atoms with E-state index < -0.39 is 8.72 Å². The van der Waals surface area contributed by atoms with E-state index in [0.29, 0.717) is 5.54 Å². The van der Waals surface area contributed by atoms with Gasteiger partial charge in [-0.2, -0.15) is 0 Å². The lowest BCUT2D eigenvalue weighted by Gasteiger charge is -2.29. The summed E-state index contributed by atoms with van der Waals surface area (Å²) in [5, 5.41) is 0. The van der Waals surface area contributed by atoms with Gasteiger partial charge in [-0.3, -0.25) is 4.98 Å². The highest BCUT2D eigenvalue weighted by molar-refractivity contribution is 6.66. The topological polar surface area (TPSA) is 30.5 Å². The van der Waals surface area contributed by atoms with Gasteiger partial charge in [-0.1, -0.05) is 13.8 Å². The maximum absolute atomic E-state index is 5.30. The molecule has 62 valence electrons. The second kappa shape index (κ2) is 4.08. The fourth-order valence-electron chi connectivity index (χ4n) is 1.05. The summed E-state index contributed by atoms with van der Waals surface area (Å²) in [5.74, 6) is 0. The van der Waals surface area contributed by atoms with E-state index in [9.17, 15) is 0 Å². The first-order chi connectivity index (χ1) is 4.63. The van der Waals surface area contributed by atoms with Gasteiger partial charge in [0.1, 0.15) is 0 Å². The van der Waals surface area contributed by atoms with Crippen molar-refractivity contribution in [2.24, 2.45) is 0 Å². The maximum Gasteiger partial charge on any atom is 0.426 e. The third-order valence-electron chi connectivity index (χ3n) is 1.72. The van der Waals surface area contributed by atoms with Gasteiger partial charge >= 0.3 is 8.72 Å². The zero-order valence-electron chi connectivity index (χ0n) is 7.39. The Kier molecular flexibility index (Phi) is 4.11. The van der Waals surface area contributed by atoms with Gasteiger partial charge in [0.15, 0.2) is 0 Å². The molecule has 1 N–H and O–H groups in total.